The van der Waals surface area contributed by atoms with Crippen LogP contribution in [-0.4, -0.2) is 15.0 Å². The zero-order valence-corrected chi connectivity index (χ0v) is 9.09. The number of halogens is 1. The molecule has 2 aromatic carbocycles. The summed E-state index contributed by atoms with van der Waals surface area (Å²) in [6, 6.07) is 15.2. The van der Waals surface area contributed by atoms with Gasteiger partial charge in [-0.25, -0.2) is 0 Å². The summed E-state index contributed by atoms with van der Waals surface area (Å²) < 4.78 is 0. The highest BCUT2D eigenvalue weighted by molar-refractivity contribution is 6.30. The smallest absolute Gasteiger partial charge is 0.113 e. The molecule has 0 bridgehead atoms. The van der Waals surface area contributed by atoms with Crippen LogP contribution in [0, 0.1) is 0 Å². The number of nitrogens with zero attached hydrogens (tertiary/aromatic N) is 3. The highest BCUT2D eigenvalue weighted by Crippen LogP contribution is 2.15. The molecule has 0 radical (unpaired) electrons. The highest BCUT2D eigenvalue weighted by atomic mass is 35.5. The fourth-order valence-electron chi connectivity index (χ4n) is 1.58. The second kappa shape index (κ2) is 3.61. The van der Waals surface area contributed by atoms with Crippen molar-refractivity contribution in [1.29, 1.82) is 0 Å². The fourth-order valence-corrected chi connectivity index (χ4v) is 1.76. The lowest BCUT2D eigenvalue weighted by atomic mass is 10.3. The van der Waals surface area contributed by atoms with Crippen molar-refractivity contribution in [2.75, 3.05) is 0 Å². The fraction of sp³-hybridized carbons (Fsp3) is 0. The molecule has 0 aliphatic carbocycles. The van der Waals surface area contributed by atoms with Gasteiger partial charge in [0.1, 0.15) is 11.0 Å². The average Bonchev–Trinajstić information content (AvgIpc) is 2.72. The van der Waals surface area contributed by atoms with Gasteiger partial charge in [0.05, 0.1) is 5.69 Å². The molecule has 4 heteroatoms. The molecule has 0 unspecified atom stereocenters. The summed E-state index contributed by atoms with van der Waals surface area (Å²) in [7, 11) is 0. The van der Waals surface area contributed by atoms with Crippen LogP contribution in [0.2, 0.25) is 5.02 Å². The third-order valence-corrected chi connectivity index (χ3v) is 2.56. The van der Waals surface area contributed by atoms with Gasteiger partial charge >= 0.3 is 0 Å². The molecule has 0 amide bonds. The van der Waals surface area contributed by atoms with E-state index in [-0.39, 0.29) is 0 Å². The summed E-state index contributed by atoms with van der Waals surface area (Å²) in [5.41, 5.74) is 2.62. The van der Waals surface area contributed by atoms with E-state index in [0.29, 0.717) is 5.02 Å². The number of hydrogen-bond acceptors (Lipinski definition) is 2. The van der Waals surface area contributed by atoms with E-state index in [0.717, 1.165) is 16.7 Å². The van der Waals surface area contributed by atoms with Crippen molar-refractivity contribution in [3.05, 3.63) is 53.6 Å². The monoisotopic (exact) mass is 229 g/mol. The average molecular weight is 230 g/mol. The Kier molecular flexibility index (Phi) is 2.11. The topological polar surface area (TPSA) is 30.7 Å². The first-order valence-electron chi connectivity index (χ1n) is 4.91. The van der Waals surface area contributed by atoms with Crippen molar-refractivity contribution in [2.24, 2.45) is 0 Å². The predicted octanol–water partition coefficient (Wildman–Crippen LogP) is 3.07. The Morgan fingerprint density at radius 3 is 2.19 bits per heavy atom. The largest absolute Gasteiger partial charge is 0.150 e. The van der Waals surface area contributed by atoms with E-state index in [9.17, 15) is 0 Å². The molecule has 1 heterocycles. The molecule has 3 nitrogen and oxygen atoms in total. The Bertz CT molecular complexity index is 612. The second-order valence-electron chi connectivity index (χ2n) is 3.46. The lowest BCUT2D eigenvalue weighted by Crippen LogP contribution is -1.97. The molecule has 1 aromatic heterocycles. The molecule has 0 N–H and O–H groups in total. The van der Waals surface area contributed by atoms with Crippen molar-refractivity contribution in [3.63, 3.8) is 0 Å². The van der Waals surface area contributed by atoms with Crippen LogP contribution in [0.5, 0.6) is 0 Å². The van der Waals surface area contributed by atoms with Crippen molar-refractivity contribution in [1.82, 2.24) is 15.0 Å². The molecular weight excluding hydrogens is 222 g/mol. The predicted molar refractivity (Wildman–Crippen MR) is 63.9 cm³/mol. The normalized spacial score (nSPS) is 10.8. The van der Waals surface area contributed by atoms with Gasteiger partial charge in [0.2, 0.25) is 0 Å². The van der Waals surface area contributed by atoms with Gasteiger partial charge in [-0.15, -0.1) is 10.2 Å². The number of hydrogen-bond donors (Lipinski definition) is 0. The van der Waals surface area contributed by atoms with Gasteiger partial charge in [0.25, 0.3) is 0 Å². The van der Waals surface area contributed by atoms with E-state index in [1.54, 1.807) is 4.80 Å². The molecule has 78 valence electrons. The third kappa shape index (κ3) is 1.55. The van der Waals surface area contributed by atoms with E-state index < -0.39 is 0 Å². The Balaban J connectivity index is 2.19. The minimum Gasteiger partial charge on any atom is -0.150 e. The van der Waals surface area contributed by atoms with Crippen LogP contribution in [-0.2, 0) is 0 Å². The molecular formula is C12H8ClN3. The number of aromatic nitrogens is 3. The lowest BCUT2D eigenvalue weighted by Gasteiger charge is -1.98. The summed E-state index contributed by atoms with van der Waals surface area (Å²) in [5, 5.41) is 9.42. The van der Waals surface area contributed by atoms with Crippen molar-refractivity contribution >= 4 is 22.6 Å². The Hall–Kier alpha value is -1.87. The molecule has 0 saturated heterocycles. The van der Waals surface area contributed by atoms with E-state index >= 15 is 0 Å². The summed E-state index contributed by atoms with van der Waals surface area (Å²) in [5.74, 6) is 0. The molecule has 3 aromatic rings. The van der Waals surface area contributed by atoms with Crippen LogP contribution >= 0.6 is 11.6 Å². The van der Waals surface area contributed by atoms with Gasteiger partial charge in [-0.05, 0) is 30.3 Å². The molecule has 3 rings (SSSR count). The van der Waals surface area contributed by atoms with Crippen molar-refractivity contribution in [2.45, 2.75) is 0 Å². The highest BCUT2D eigenvalue weighted by Gasteiger charge is 2.03. The van der Waals surface area contributed by atoms with Crippen LogP contribution < -0.4 is 0 Å². The summed E-state index contributed by atoms with van der Waals surface area (Å²) in [4.78, 5) is 1.59. The Labute approximate surface area is 97.3 Å². The van der Waals surface area contributed by atoms with E-state index in [2.05, 4.69) is 10.2 Å². The number of fused-ring (bicyclic) bond motifs is 1. The van der Waals surface area contributed by atoms with Crippen LogP contribution in [0.4, 0.5) is 0 Å². The zero-order valence-electron chi connectivity index (χ0n) is 8.34. The summed E-state index contributed by atoms with van der Waals surface area (Å²) in [6.07, 6.45) is 0. The Morgan fingerprint density at radius 1 is 0.875 bits per heavy atom. The summed E-state index contributed by atoms with van der Waals surface area (Å²) >= 11 is 5.92. The first-order valence-corrected chi connectivity index (χ1v) is 5.29. The SMILES string of the molecule is Clc1cccc(-n2nc3ccccc3n2)c1. The van der Waals surface area contributed by atoms with Crippen molar-refractivity contribution in [3.8, 4) is 5.69 Å². The summed E-state index contributed by atoms with van der Waals surface area (Å²) in [6.45, 7) is 0. The van der Waals surface area contributed by atoms with Crippen molar-refractivity contribution < 1.29 is 0 Å². The molecule has 0 saturated carbocycles. The van der Waals surface area contributed by atoms with Gasteiger partial charge in [-0.2, -0.15) is 4.80 Å². The number of benzene rings is 2. The van der Waals surface area contributed by atoms with Crippen LogP contribution in [0.15, 0.2) is 48.5 Å². The van der Waals surface area contributed by atoms with Gasteiger partial charge < -0.3 is 0 Å². The molecule has 16 heavy (non-hydrogen) atoms. The van der Waals surface area contributed by atoms with Gasteiger partial charge in [0, 0.05) is 5.02 Å². The van der Waals surface area contributed by atoms with Crippen LogP contribution in [0.25, 0.3) is 16.7 Å². The van der Waals surface area contributed by atoms with Gasteiger partial charge in [-0.3, -0.25) is 0 Å². The lowest BCUT2D eigenvalue weighted by molar-refractivity contribution is 0.766. The van der Waals surface area contributed by atoms with E-state index in [4.69, 9.17) is 11.6 Å². The van der Waals surface area contributed by atoms with E-state index in [1.807, 2.05) is 48.5 Å². The molecule has 0 spiro atoms. The van der Waals surface area contributed by atoms with Crippen LogP contribution in [0.1, 0.15) is 0 Å². The van der Waals surface area contributed by atoms with Gasteiger partial charge in [0.15, 0.2) is 0 Å². The second-order valence-corrected chi connectivity index (χ2v) is 3.89. The van der Waals surface area contributed by atoms with Crippen LogP contribution in [0.3, 0.4) is 0 Å². The molecule has 0 fully saturated rings. The third-order valence-electron chi connectivity index (χ3n) is 2.33. The molecule has 0 aliphatic heterocycles. The molecule has 0 aliphatic rings. The zero-order chi connectivity index (χ0) is 11.0. The minimum atomic E-state index is 0.679. The maximum atomic E-state index is 5.92. The quantitative estimate of drug-likeness (QED) is 0.642. The first kappa shape index (κ1) is 9.36. The maximum Gasteiger partial charge on any atom is 0.113 e. The van der Waals surface area contributed by atoms with E-state index in [1.165, 1.54) is 0 Å². The first-order chi connectivity index (χ1) is 7.83. The molecule has 0 atom stereocenters. The Morgan fingerprint density at radius 2 is 1.56 bits per heavy atom. The number of rotatable bonds is 1. The minimum absolute atomic E-state index is 0.679. The standard InChI is InChI=1S/C12H8ClN3/c13-9-4-3-5-10(8-9)16-14-11-6-1-2-7-12(11)15-16/h1-8H. The maximum absolute atomic E-state index is 5.92. The van der Waals surface area contributed by atoms with Gasteiger partial charge in [-0.1, -0.05) is 29.8 Å².